The Balaban J connectivity index is 2.17. The van der Waals surface area contributed by atoms with E-state index in [0.717, 1.165) is 33.3 Å². The SMILES string of the molecule is Cc1ccc(F)cc1COc1ccc(Br)cc1CC(C)N. The summed E-state index contributed by atoms with van der Waals surface area (Å²) in [6, 6.07) is 10.6. The molecule has 0 saturated carbocycles. The molecule has 0 aromatic heterocycles. The number of nitrogens with two attached hydrogens (primary N) is 1. The van der Waals surface area contributed by atoms with Crippen molar-refractivity contribution in [3.63, 3.8) is 0 Å². The summed E-state index contributed by atoms with van der Waals surface area (Å²) in [4.78, 5) is 0. The van der Waals surface area contributed by atoms with Gasteiger partial charge >= 0.3 is 0 Å². The van der Waals surface area contributed by atoms with Crippen LogP contribution >= 0.6 is 15.9 Å². The van der Waals surface area contributed by atoms with Crippen LogP contribution in [0.2, 0.25) is 0 Å². The summed E-state index contributed by atoms with van der Waals surface area (Å²) < 4.78 is 20.2. The fourth-order valence-corrected chi connectivity index (χ4v) is 2.55. The largest absolute Gasteiger partial charge is 0.489 e. The molecule has 0 aliphatic heterocycles. The van der Waals surface area contributed by atoms with Crippen molar-refractivity contribution in [1.29, 1.82) is 0 Å². The number of hydrogen-bond donors (Lipinski definition) is 1. The van der Waals surface area contributed by atoms with Gasteiger partial charge in [0.05, 0.1) is 0 Å². The van der Waals surface area contributed by atoms with E-state index in [1.807, 2.05) is 32.0 Å². The average Bonchev–Trinajstić information content (AvgIpc) is 2.41. The van der Waals surface area contributed by atoms with Gasteiger partial charge in [-0.05, 0) is 67.3 Å². The number of hydrogen-bond acceptors (Lipinski definition) is 2. The van der Waals surface area contributed by atoms with Crippen LogP contribution in [-0.4, -0.2) is 6.04 Å². The Morgan fingerprint density at radius 3 is 2.67 bits per heavy atom. The summed E-state index contributed by atoms with van der Waals surface area (Å²) in [5, 5.41) is 0. The number of rotatable bonds is 5. The maximum Gasteiger partial charge on any atom is 0.123 e. The highest BCUT2D eigenvalue weighted by Crippen LogP contribution is 2.25. The van der Waals surface area contributed by atoms with Crippen molar-refractivity contribution in [2.45, 2.75) is 32.9 Å². The summed E-state index contributed by atoms with van der Waals surface area (Å²) >= 11 is 3.46. The Morgan fingerprint density at radius 2 is 1.95 bits per heavy atom. The second-order valence-corrected chi connectivity index (χ2v) is 6.21. The predicted molar refractivity (Wildman–Crippen MR) is 87.0 cm³/mol. The third kappa shape index (κ3) is 4.55. The Bertz CT molecular complexity index is 628. The molecule has 0 spiro atoms. The molecule has 0 aliphatic rings. The van der Waals surface area contributed by atoms with Crippen molar-refractivity contribution in [2.24, 2.45) is 5.73 Å². The number of halogens is 2. The number of ether oxygens (including phenoxy) is 1. The Kier molecular flexibility index (Phi) is 5.37. The molecule has 2 aromatic carbocycles. The van der Waals surface area contributed by atoms with E-state index in [0.29, 0.717) is 6.61 Å². The zero-order chi connectivity index (χ0) is 15.4. The van der Waals surface area contributed by atoms with E-state index in [2.05, 4.69) is 15.9 Å². The average molecular weight is 352 g/mol. The fraction of sp³-hybridized carbons (Fsp3) is 0.294. The minimum Gasteiger partial charge on any atom is -0.489 e. The first-order valence-corrected chi connectivity index (χ1v) is 7.67. The number of benzene rings is 2. The lowest BCUT2D eigenvalue weighted by atomic mass is 10.1. The van der Waals surface area contributed by atoms with Crippen molar-refractivity contribution in [2.75, 3.05) is 0 Å². The van der Waals surface area contributed by atoms with Gasteiger partial charge < -0.3 is 10.5 Å². The first-order valence-electron chi connectivity index (χ1n) is 6.87. The van der Waals surface area contributed by atoms with Crippen LogP contribution in [0, 0.1) is 12.7 Å². The molecule has 2 nitrogen and oxygen atoms in total. The summed E-state index contributed by atoms with van der Waals surface area (Å²) in [6.45, 7) is 4.25. The predicted octanol–water partition coefficient (Wildman–Crippen LogP) is 4.37. The zero-order valence-electron chi connectivity index (χ0n) is 12.2. The molecule has 112 valence electrons. The molecule has 2 N–H and O–H groups in total. The fourth-order valence-electron chi connectivity index (χ4n) is 2.15. The molecule has 1 atom stereocenters. The molecule has 0 aliphatic carbocycles. The van der Waals surface area contributed by atoms with Gasteiger partial charge in [-0.2, -0.15) is 0 Å². The highest BCUT2D eigenvalue weighted by molar-refractivity contribution is 9.10. The maximum atomic E-state index is 13.3. The molecule has 0 amide bonds. The van der Waals surface area contributed by atoms with Crippen LogP contribution in [0.5, 0.6) is 5.75 Å². The van der Waals surface area contributed by atoms with E-state index < -0.39 is 0 Å². The van der Waals surface area contributed by atoms with Crippen molar-refractivity contribution < 1.29 is 9.13 Å². The second-order valence-electron chi connectivity index (χ2n) is 5.29. The van der Waals surface area contributed by atoms with Crippen molar-refractivity contribution >= 4 is 15.9 Å². The Hall–Kier alpha value is -1.39. The van der Waals surface area contributed by atoms with Crippen molar-refractivity contribution in [3.8, 4) is 5.75 Å². The minimum atomic E-state index is -0.245. The van der Waals surface area contributed by atoms with Gasteiger partial charge in [-0.25, -0.2) is 4.39 Å². The molecule has 0 radical (unpaired) electrons. The van der Waals surface area contributed by atoms with Crippen LogP contribution in [-0.2, 0) is 13.0 Å². The molecule has 2 rings (SSSR count). The smallest absolute Gasteiger partial charge is 0.123 e. The van der Waals surface area contributed by atoms with Gasteiger partial charge in [0.1, 0.15) is 18.2 Å². The topological polar surface area (TPSA) is 35.2 Å². The first-order chi connectivity index (χ1) is 9.95. The molecule has 0 saturated heterocycles. The highest BCUT2D eigenvalue weighted by atomic mass is 79.9. The molecule has 21 heavy (non-hydrogen) atoms. The molecule has 0 bridgehead atoms. The van der Waals surface area contributed by atoms with Gasteiger partial charge in [-0.3, -0.25) is 0 Å². The van der Waals surface area contributed by atoms with Gasteiger partial charge in [0.15, 0.2) is 0 Å². The molecular weight excluding hydrogens is 333 g/mol. The van der Waals surface area contributed by atoms with Crippen molar-refractivity contribution in [3.05, 3.63) is 63.4 Å². The molecule has 0 fully saturated rings. The normalized spacial score (nSPS) is 12.2. The van der Waals surface area contributed by atoms with Gasteiger partial charge in [0.25, 0.3) is 0 Å². The lowest BCUT2D eigenvalue weighted by Crippen LogP contribution is -2.18. The summed E-state index contributed by atoms with van der Waals surface area (Å²) in [5.41, 5.74) is 8.79. The summed E-state index contributed by atoms with van der Waals surface area (Å²) in [7, 11) is 0. The van der Waals surface area contributed by atoms with E-state index >= 15 is 0 Å². The van der Waals surface area contributed by atoms with Crippen LogP contribution in [0.25, 0.3) is 0 Å². The molecular formula is C17H19BrFNO. The quantitative estimate of drug-likeness (QED) is 0.868. The van der Waals surface area contributed by atoms with Gasteiger partial charge in [0, 0.05) is 10.5 Å². The van der Waals surface area contributed by atoms with Gasteiger partial charge in [-0.15, -0.1) is 0 Å². The Labute approximate surface area is 133 Å². The number of aryl methyl sites for hydroxylation is 1. The molecule has 4 heteroatoms. The minimum absolute atomic E-state index is 0.0533. The third-order valence-electron chi connectivity index (χ3n) is 3.26. The molecule has 0 heterocycles. The van der Waals surface area contributed by atoms with E-state index in [1.165, 1.54) is 12.1 Å². The van der Waals surface area contributed by atoms with E-state index in [9.17, 15) is 4.39 Å². The van der Waals surface area contributed by atoms with E-state index in [1.54, 1.807) is 6.07 Å². The van der Waals surface area contributed by atoms with E-state index in [4.69, 9.17) is 10.5 Å². The lowest BCUT2D eigenvalue weighted by Gasteiger charge is -2.14. The summed E-state index contributed by atoms with van der Waals surface area (Å²) in [5.74, 6) is 0.546. The van der Waals surface area contributed by atoms with Crippen molar-refractivity contribution in [1.82, 2.24) is 0 Å². The monoisotopic (exact) mass is 351 g/mol. The maximum absolute atomic E-state index is 13.3. The summed E-state index contributed by atoms with van der Waals surface area (Å²) in [6.07, 6.45) is 0.733. The van der Waals surface area contributed by atoms with Gasteiger partial charge in [0.2, 0.25) is 0 Å². The highest BCUT2D eigenvalue weighted by Gasteiger charge is 2.09. The van der Waals surface area contributed by atoms with E-state index in [-0.39, 0.29) is 11.9 Å². The molecule has 2 aromatic rings. The van der Waals surface area contributed by atoms with Crippen LogP contribution < -0.4 is 10.5 Å². The van der Waals surface area contributed by atoms with Gasteiger partial charge in [-0.1, -0.05) is 22.0 Å². The first kappa shape index (κ1) is 16.0. The van der Waals surface area contributed by atoms with Crippen LogP contribution in [0.1, 0.15) is 23.6 Å². The standard InChI is InChI=1S/C17H19BrFNO/c1-11-3-5-16(19)9-14(11)10-21-17-6-4-15(18)8-13(17)7-12(2)20/h3-6,8-9,12H,7,10,20H2,1-2H3. The second kappa shape index (κ2) is 7.05. The van der Waals surface area contributed by atoms with Crippen LogP contribution in [0.3, 0.4) is 0 Å². The van der Waals surface area contributed by atoms with Crippen LogP contribution in [0.4, 0.5) is 4.39 Å². The lowest BCUT2D eigenvalue weighted by molar-refractivity contribution is 0.301. The third-order valence-corrected chi connectivity index (χ3v) is 3.75. The Morgan fingerprint density at radius 1 is 1.19 bits per heavy atom. The molecule has 1 unspecified atom stereocenters. The van der Waals surface area contributed by atoms with Crippen LogP contribution in [0.15, 0.2) is 40.9 Å². The zero-order valence-corrected chi connectivity index (χ0v) is 13.8.